The minimum Gasteiger partial charge on any atom is -0.274 e. The number of rotatable bonds is 4. The highest BCUT2D eigenvalue weighted by Gasteiger charge is 2.24. The summed E-state index contributed by atoms with van der Waals surface area (Å²) < 4.78 is 0. The number of hydrogen-bond donors (Lipinski definition) is 0. The smallest absolute Gasteiger partial charge is 0.274 e. The van der Waals surface area contributed by atoms with Crippen molar-refractivity contribution in [3.8, 4) is 0 Å². The van der Waals surface area contributed by atoms with Gasteiger partial charge in [0.15, 0.2) is 0 Å². The van der Waals surface area contributed by atoms with E-state index in [-0.39, 0.29) is 6.04 Å². The van der Waals surface area contributed by atoms with Crippen molar-refractivity contribution >= 4 is 6.41 Å². The molecule has 0 aromatic rings. The Kier molecular flexibility index (Phi) is 4.22. The number of hydrogen-bond acceptors (Lipinski definition) is 2. The zero-order valence-corrected chi connectivity index (χ0v) is 8.45. The van der Waals surface area contributed by atoms with Crippen LogP contribution in [0.2, 0.25) is 0 Å². The number of hydroxylamine groups is 2. The molecule has 0 saturated heterocycles. The lowest BCUT2D eigenvalue weighted by Crippen LogP contribution is -2.37. The Hall–Kier alpha value is -0.570. The van der Waals surface area contributed by atoms with Crippen molar-refractivity contribution in [2.24, 2.45) is 5.92 Å². The van der Waals surface area contributed by atoms with Crippen LogP contribution >= 0.6 is 0 Å². The van der Waals surface area contributed by atoms with Crippen LogP contribution in [-0.4, -0.2) is 24.6 Å². The molecule has 1 saturated carbocycles. The van der Waals surface area contributed by atoms with Crippen LogP contribution in [0.25, 0.3) is 0 Å². The van der Waals surface area contributed by atoms with Gasteiger partial charge in [-0.15, -0.1) is 0 Å². The fourth-order valence-corrected chi connectivity index (χ4v) is 2.09. The molecular weight excluding hydrogens is 166 g/mol. The van der Waals surface area contributed by atoms with Gasteiger partial charge in [0.05, 0.1) is 13.2 Å². The maximum Gasteiger partial charge on any atom is 0.338 e. The molecule has 0 heterocycles. The molecule has 1 rings (SSSR count). The molecule has 1 radical (unpaired) electrons. The molecule has 1 unspecified atom stereocenters. The second kappa shape index (κ2) is 5.22. The predicted octanol–water partition coefficient (Wildman–Crippen LogP) is 1.89. The predicted molar refractivity (Wildman–Crippen MR) is 50.6 cm³/mol. The molecule has 1 atom stereocenters. The summed E-state index contributed by atoms with van der Waals surface area (Å²) in [5.74, 6) is 0.593. The van der Waals surface area contributed by atoms with Gasteiger partial charge in [0.25, 0.3) is 0 Å². The number of nitrogens with zero attached hydrogens (tertiary/aromatic N) is 1. The van der Waals surface area contributed by atoms with E-state index in [1.807, 2.05) is 13.3 Å². The second-order valence-electron chi connectivity index (χ2n) is 3.74. The fourth-order valence-electron chi connectivity index (χ4n) is 2.09. The molecule has 1 aliphatic rings. The van der Waals surface area contributed by atoms with Crippen molar-refractivity contribution in [2.45, 2.75) is 45.1 Å². The van der Waals surface area contributed by atoms with E-state index in [4.69, 9.17) is 4.84 Å². The summed E-state index contributed by atoms with van der Waals surface area (Å²) in [5.41, 5.74) is 0. The van der Waals surface area contributed by atoms with Crippen molar-refractivity contribution in [3.05, 3.63) is 0 Å². The van der Waals surface area contributed by atoms with Gasteiger partial charge in [0.1, 0.15) is 0 Å². The summed E-state index contributed by atoms with van der Waals surface area (Å²) in [5, 5.41) is 1.30. The lowest BCUT2D eigenvalue weighted by Gasteiger charge is -2.31. The van der Waals surface area contributed by atoms with E-state index in [9.17, 15) is 4.79 Å². The van der Waals surface area contributed by atoms with Gasteiger partial charge < -0.3 is 0 Å². The monoisotopic (exact) mass is 184 g/mol. The maximum atomic E-state index is 10.5. The van der Waals surface area contributed by atoms with Crippen molar-refractivity contribution in [2.75, 3.05) is 7.11 Å². The van der Waals surface area contributed by atoms with E-state index in [1.54, 1.807) is 0 Å². The van der Waals surface area contributed by atoms with Gasteiger partial charge in [-0.25, -0.2) is 5.06 Å². The molecule has 0 bridgehead atoms. The first-order valence-electron chi connectivity index (χ1n) is 5.00. The number of carbonyl (C=O) groups excluding carboxylic acids is 1. The highest BCUT2D eigenvalue weighted by atomic mass is 16.7. The standard InChI is InChI=1S/C10H18NO2/c1-9(11(8-12)13-2)10-6-4-3-5-7-10/h9-10H,3-7H2,1-2H3. The third kappa shape index (κ3) is 2.69. The lowest BCUT2D eigenvalue weighted by molar-refractivity contribution is -0.111. The minimum absolute atomic E-state index is 0.169. The first kappa shape index (κ1) is 10.5. The van der Waals surface area contributed by atoms with Crippen molar-refractivity contribution in [3.63, 3.8) is 0 Å². The first-order chi connectivity index (χ1) is 6.29. The van der Waals surface area contributed by atoms with E-state index in [1.165, 1.54) is 44.3 Å². The van der Waals surface area contributed by atoms with Crippen LogP contribution in [0.5, 0.6) is 0 Å². The molecule has 3 nitrogen and oxygen atoms in total. The molecule has 3 heteroatoms. The number of amides is 1. The highest BCUT2D eigenvalue weighted by molar-refractivity contribution is 5.46. The molecule has 1 aliphatic carbocycles. The highest BCUT2D eigenvalue weighted by Crippen LogP contribution is 2.28. The first-order valence-corrected chi connectivity index (χ1v) is 5.00. The van der Waals surface area contributed by atoms with Crippen LogP contribution in [0.1, 0.15) is 39.0 Å². The molecule has 75 valence electrons. The summed E-state index contributed by atoms with van der Waals surface area (Å²) in [6.45, 7) is 2.03. The van der Waals surface area contributed by atoms with Gasteiger partial charge in [0, 0.05) is 0 Å². The van der Waals surface area contributed by atoms with Gasteiger partial charge >= 0.3 is 6.41 Å². The van der Waals surface area contributed by atoms with E-state index < -0.39 is 0 Å². The summed E-state index contributed by atoms with van der Waals surface area (Å²) in [6.07, 6.45) is 8.13. The van der Waals surface area contributed by atoms with Gasteiger partial charge in [-0.2, -0.15) is 0 Å². The van der Waals surface area contributed by atoms with E-state index in [0.29, 0.717) is 5.92 Å². The van der Waals surface area contributed by atoms with E-state index in [0.717, 1.165) is 0 Å². The Morgan fingerprint density at radius 3 is 2.46 bits per heavy atom. The molecule has 0 N–H and O–H groups in total. The zero-order valence-electron chi connectivity index (χ0n) is 8.45. The maximum absolute atomic E-state index is 10.5. The lowest BCUT2D eigenvalue weighted by atomic mass is 9.84. The molecule has 1 amide bonds. The topological polar surface area (TPSA) is 29.5 Å². The Labute approximate surface area is 80.0 Å². The quantitative estimate of drug-likeness (QED) is 0.493. The third-order valence-electron chi connectivity index (χ3n) is 2.99. The summed E-state index contributed by atoms with van der Waals surface area (Å²) in [6, 6.07) is 0.169. The largest absolute Gasteiger partial charge is 0.338 e. The molecule has 0 aromatic heterocycles. The Bertz CT molecular complexity index is 155. The van der Waals surface area contributed by atoms with Crippen molar-refractivity contribution in [1.29, 1.82) is 0 Å². The normalized spacial score (nSPS) is 21.1. The molecule has 0 aromatic carbocycles. The van der Waals surface area contributed by atoms with Crippen molar-refractivity contribution < 1.29 is 9.63 Å². The van der Waals surface area contributed by atoms with Crippen molar-refractivity contribution in [1.82, 2.24) is 5.06 Å². The zero-order chi connectivity index (χ0) is 9.68. The summed E-state index contributed by atoms with van der Waals surface area (Å²) in [4.78, 5) is 15.4. The van der Waals surface area contributed by atoms with Gasteiger partial charge in [-0.1, -0.05) is 19.3 Å². The SMILES string of the molecule is CON([C]=O)C(C)C1CCCCC1. The average molecular weight is 184 g/mol. The van der Waals surface area contributed by atoms with Gasteiger partial charge in [0.2, 0.25) is 0 Å². The Balaban J connectivity index is 2.43. The fraction of sp³-hybridized carbons (Fsp3) is 0.900. The second-order valence-corrected chi connectivity index (χ2v) is 3.74. The molecule has 0 aliphatic heterocycles. The third-order valence-corrected chi connectivity index (χ3v) is 2.99. The summed E-state index contributed by atoms with van der Waals surface area (Å²) >= 11 is 0. The van der Waals surface area contributed by atoms with Crippen LogP contribution in [0, 0.1) is 5.92 Å². The van der Waals surface area contributed by atoms with Crippen LogP contribution in [0.3, 0.4) is 0 Å². The minimum atomic E-state index is 0.169. The molecule has 13 heavy (non-hydrogen) atoms. The molecule has 1 fully saturated rings. The van der Waals surface area contributed by atoms with E-state index >= 15 is 0 Å². The Morgan fingerprint density at radius 2 is 2.00 bits per heavy atom. The van der Waals surface area contributed by atoms with E-state index in [2.05, 4.69) is 0 Å². The molecule has 0 spiro atoms. The average Bonchev–Trinajstić information content (AvgIpc) is 2.21. The van der Waals surface area contributed by atoms with Crippen LogP contribution in [0.15, 0.2) is 0 Å². The van der Waals surface area contributed by atoms with Gasteiger partial charge in [-0.3, -0.25) is 9.63 Å². The Morgan fingerprint density at radius 1 is 1.38 bits per heavy atom. The molecular formula is C10H18NO2. The van der Waals surface area contributed by atoms with Crippen LogP contribution < -0.4 is 0 Å². The van der Waals surface area contributed by atoms with Gasteiger partial charge in [-0.05, 0) is 25.7 Å². The van der Waals surface area contributed by atoms with Crippen LogP contribution in [-0.2, 0) is 9.63 Å². The summed E-state index contributed by atoms with van der Waals surface area (Å²) in [7, 11) is 1.52. The van der Waals surface area contributed by atoms with Crippen LogP contribution in [0.4, 0.5) is 0 Å².